The summed E-state index contributed by atoms with van der Waals surface area (Å²) in [6.45, 7) is 5.85. The summed E-state index contributed by atoms with van der Waals surface area (Å²) in [6, 6.07) is 1.16. The van der Waals surface area contributed by atoms with Gasteiger partial charge in [-0.1, -0.05) is 41.6 Å². The summed E-state index contributed by atoms with van der Waals surface area (Å²) in [5.41, 5.74) is 0.721. The molecule has 0 aromatic heterocycles. The van der Waals surface area contributed by atoms with E-state index in [-0.39, 0.29) is 0 Å². The van der Waals surface area contributed by atoms with Crippen LogP contribution >= 0.6 is 15.9 Å². The Bertz CT molecular complexity index is 200. The van der Waals surface area contributed by atoms with E-state index < -0.39 is 8.56 Å². The minimum absolute atomic E-state index is 0.721. The molecule has 1 fully saturated rings. The van der Waals surface area contributed by atoms with Gasteiger partial charge in [0.25, 0.3) is 0 Å². The highest BCUT2D eigenvalue weighted by Gasteiger charge is 2.44. The van der Waals surface area contributed by atoms with Gasteiger partial charge in [0.05, 0.1) is 0 Å². The van der Waals surface area contributed by atoms with Crippen LogP contribution in [0.3, 0.4) is 0 Å². The molecule has 0 aliphatic heterocycles. The molecule has 0 aromatic rings. The molecule has 1 aliphatic carbocycles. The maximum atomic E-state index is 6.26. The maximum Gasteiger partial charge on any atom is 0.341 e. The van der Waals surface area contributed by atoms with Crippen molar-refractivity contribution in [2.45, 2.75) is 70.4 Å². The van der Waals surface area contributed by atoms with Crippen LogP contribution in [0.1, 0.15) is 58.8 Å². The number of rotatable bonds is 8. The number of hydrogen-bond acceptors (Lipinski definition) is 2. The van der Waals surface area contributed by atoms with Gasteiger partial charge in [0.1, 0.15) is 0 Å². The van der Waals surface area contributed by atoms with Crippen molar-refractivity contribution in [2.75, 3.05) is 18.5 Å². The molecule has 0 atom stereocenters. The molecule has 0 aromatic carbocycles. The third-order valence-corrected chi connectivity index (χ3v) is 8.90. The molecule has 0 heterocycles. The SMILES string of the molecule is CCO[Si](CCCBr)(OCC)C1CCCCCC1. The van der Waals surface area contributed by atoms with Crippen LogP contribution in [0.15, 0.2) is 0 Å². The Kier molecular flexibility index (Phi) is 8.81. The van der Waals surface area contributed by atoms with Crippen molar-refractivity contribution in [3.05, 3.63) is 0 Å². The summed E-state index contributed by atoms with van der Waals surface area (Å²) in [5.74, 6) is 0. The zero-order valence-corrected chi connectivity index (χ0v) is 14.6. The molecule has 0 N–H and O–H groups in total. The van der Waals surface area contributed by atoms with Gasteiger partial charge in [-0.25, -0.2) is 0 Å². The third kappa shape index (κ3) is 4.95. The predicted octanol–water partition coefficient (Wildman–Crippen LogP) is 5.01. The first kappa shape index (κ1) is 16.7. The van der Waals surface area contributed by atoms with Crippen molar-refractivity contribution in [3.63, 3.8) is 0 Å². The molecular formula is C14H29BrO2Si. The average molecular weight is 337 g/mol. The van der Waals surface area contributed by atoms with Crippen molar-refractivity contribution in [1.29, 1.82) is 0 Å². The lowest BCUT2D eigenvalue weighted by Gasteiger charge is -2.36. The Morgan fingerprint density at radius 3 is 2.00 bits per heavy atom. The summed E-state index contributed by atoms with van der Waals surface area (Å²) in [7, 11) is -1.98. The monoisotopic (exact) mass is 336 g/mol. The van der Waals surface area contributed by atoms with E-state index in [1.165, 1.54) is 44.9 Å². The quantitative estimate of drug-likeness (QED) is 0.352. The third-order valence-electron chi connectivity index (χ3n) is 3.91. The molecule has 2 nitrogen and oxygen atoms in total. The molecule has 0 saturated heterocycles. The maximum absolute atomic E-state index is 6.26. The number of halogens is 1. The van der Waals surface area contributed by atoms with Crippen molar-refractivity contribution < 1.29 is 8.85 Å². The van der Waals surface area contributed by atoms with E-state index in [9.17, 15) is 0 Å². The van der Waals surface area contributed by atoms with Crippen LogP contribution in [0.2, 0.25) is 11.6 Å². The Balaban J connectivity index is 2.75. The van der Waals surface area contributed by atoms with Crippen LogP contribution in [0.25, 0.3) is 0 Å². The summed E-state index contributed by atoms with van der Waals surface area (Å²) >= 11 is 3.55. The lowest BCUT2D eigenvalue weighted by molar-refractivity contribution is 0.168. The molecule has 0 unspecified atom stereocenters. The van der Waals surface area contributed by atoms with E-state index in [0.717, 1.165) is 30.1 Å². The van der Waals surface area contributed by atoms with Crippen LogP contribution in [-0.4, -0.2) is 27.1 Å². The lowest BCUT2D eigenvalue weighted by atomic mass is 10.2. The number of alkyl halides is 1. The van der Waals surface area contributed by atoms with Crippen molar-refractivity contribution in [3.8, 4) is 0 Å². The van der Waals surface area contributed by atoms with Gasteiger partial charge >= 0.3 is 8.56 Å². The highest BCUT2D eigenvalue weighted by atomic mass is 79.9. The van der Waals surface area contributed by atoms with Crippen LogP contribution in [0, 0.1) is 0 Å². The van der Waals surface area contributed by atoms with E-state index in [1.54, 1.807) is 0 Å². The fourth-order valence-electron chi connectivity index (χ4n) is 3.15. The molecular weight excluding hydrogens is 308 g/mol. The zero-order valence-electron chi connectivity index (χ0n) is 12.0. The highest BCUT2D eigenvalue weighted by Crippen LogP contribution is 2.40. The fourth-order valence-corrected chi connectivity index (χ4v) is 8.13. The van der Waals surface area contributed by atoms with Crippen LogP contribution in [0.4, 0.5) is 0 Å². The molecule has 0 spiro atoms. The van der Waals surface area contributed by atoms with Crippen LogP contribution < -0.4 is 0 Å². The summed E-state index contributed by atoms with van der Waals surface area (Å²) in [5, 5.41) is 1.06. The second-order valence-electron chi connectivity index (χ2n) is 5.16. The molecule has 108 valence electrons. The molecule has 4 heteroatoms. The van der Waals surface area contributed by atoms with Gasteiger partial charge in [-0.15, -0.1) is 0 Å². The molecule has 0 radical (unpaired) electrons. The van der Waals surface area contributed by atoms with Gasteiger partial charge in [-0.05, 0) is 39.2 Å². The summed E-state index contributed by atoms with van der Waals surface area (Å²) in [6.07, 6.45) is 9.38. The van der Waals surface area contributed by atoms with Crippen molar-refractivity contribution in [2.24, 2.45) is 0 Å². The standard InChI is InChI=1S/C14H29BrO2Si/c1-3-16-18(17-4-2,13-9-12-15)14-10-7-5-6-8-11-14/h14H,3-13H2,1-2H3. The molecule has 18 heavy (non-hydrogen) atoms. The van der Waals surface area contributed by atoms with Gasteiger partial charge in [-0.2, -0.15) is 0 Å². The molecule has 1 aliphatic rings. The Hall–Kier alpha value is 0.617. The first-order chi connectivity index (χ1) is 8.79. The molecule has 0 amide bonds. The fraction of sp³-hybridized carbons (Fsp3) is 1.00. The predicted molar refractivity (Wildman–Crippen MR) is 83.7 cm³/mol. The van der Waals surface area contributed by atoms with Crippen LogP contribution in [-0.2, 0) is 8.85 Å². The average Bonchev–Trinajstić information content (AvgIpc) is 2.65. The first-order valence-corrected chi connectivity index (χ1v) is 10.8. The molecule has 0 bridgehead atoms. The topological polar surface area (TPSA) is 18.5 Å². The zero-order chi connectivity index (χ0) is 13.3. The Labute approximate surface area is 122 Å². The second kappa shape index (κ2) is 9.51. The minimum atomic E-state index is -1.98. The van der Waals surface area contributed by atoms with E-state index in [2.05, 4.69) is 29.8 Å². The van der Waals surface area contributed by atoms with Gasteiger partial charge in [-0.3, -0.25) is 0 Å². The summed E-state index contributed by atoms with van der Waals surface area (Å²) in [4.78, 5) is 0. The van der Waals surface area contributed by atoms with Crippen molar-refractivity contribution in [1.82, 2.24) is 0 Å². The van der Waals surface area contributed by atoms with Gasteiger partial charge in [0, 0.05) is 24.1 Å². The molecule has 1 saturated carbocycles. The molecule has 1 rings (SSSR count). The largest absolute Gasteiger partial charge is 0.394 e. The first-order valence-electron chi connectivity index (χ1n) is 7.63. The van der Waals surface area contributed by atoms with E-state index >= 15 is 0 Å². The normalized spacial score (nSPS) is 18.8. The summed E-state index contributed by atoms with van der Waals surface area (Å²) < 4.78 is 12.5. The lowest BCUT2D eigenvalue weighted by Crippen LogP contribution is -2.47. The second-order valence-corrected chi connectivity index (χ2v) is 9.47. The van der Waals surface area contributed by atoms with E-state index in [0.29, 0.717) is 0 Å². The van der Waals surface area contributed by atoms with Gasteiger partial charge in [0.15, 0.2) is 0 Å². The van der Waals surface area contributed by atoms with Gasteiger partial charge < -0.3 is 8.85 Å². The number of hydrogen-bond donors (Lipinski definition) is 0. The van der Waals surface area contributed by atoms with Crippen LogP contribution in [0.5, 0.6) is 0 Å². The van der Waals surface area contributed by atoms with E-state index in [4.69, 9.17) is 8.85 Å². The Morgan fingerprint density at radius 1 is 1.00 bits per heavy atom. The smallest absolute Gasteiger partial charge is 0.341 e. The van der Waals surface area contributed by atoms with Gasteiger partial charge in [0.2, 0.25) is 0 Å². The van der Waals surface area contributed by atoms with E-state index in [1.807, 2.05) is 0 Å². The van der Waals surface area contributed by atoms with Crippen molar-refractivity contribution >= 4 is 24.5 Å². The highest BCUT2D eigenvalue weighted by molar-refractivity contribution is 9.09. The Morgan fingerprint density at radius 2 is 1.56 bits per heavy atom. The minimum Gasteiger partial charge on any atom is -0.394 e.